The zero-order valence-corrected chi connectivity index (χ0v) is 18.0. The summed E-state index contributed by atoms with van der Waals surface area (Å²) in [4.78, 5) is 23.8. The van der Waals surface area contributed by atoms with Crippen LogP contribution in [0.3, 0.4) is 0 Å². The van der Waals surface area contributed by atoms with Crippen molar-refractivity contribution in [1.82, 2.24) is 24.8 Å². The summed E-state index contributed by atoms with van der Waals surface area (Å²) >= 11 is 0. The third-order valence-electron chi connectivity index (χ3n) is 5.74. The number of halogens is 3. The van der Waals surface area contributed by atoms with Gasteiger partial charge in [-0.3, -0.25) is 4.79 Å². The normalized spacial score (nSPS) is 16.9. The molecule has 0 radical (unpaired) electrons. The van der Waals surface area contributed by atoms with Gasteiger partial charge in [-0.05, 0) is 24.6 Å². The molecule has 0 bridgehead atoms. The Labute approximate surface area is 192 Å². The maximum Gasteiger partial charge on any atom is 0.417 e. The van der Waals surface area contributed by atoms with E-state index in [4.69, 9.17) is 4.74 Å². The molecule has 4 heterocycles. The Morgan fingerprint density at radius 2 is 1.85 bits per heavy atom. The number of aliphatic imine (C=N–C) groups is 1. The fourth-order valence-electron chi connectivity index (χ4n) is 4.02. The highest BCUT2D eigenvalue weighted by Crippen LogP contribution is 2.36. The minimum Gasteiger partial charge on any atom is -0.378 e. The molecule has 3 aromatic rings. The molecule has 11 heteroatoms. The van der Waals surface area contributed by atoms with Crippen molar-refractivity contribution in [3.8, 4) is 11.3 Å². The van der Waals surface area contributed by atoms with Gasteiger partial charge in [0.25, 0.3) is 5.91 Å². The standard InChI is InChI=1S/C23H21F3N6O2/c24-23(25,26)17-4-2-1-3-16(17)18-6-8-21-28-14-19(32(21)30-18)22(33)29-15-5-7-20(27-13-15)31-9-11-34-12-10-31/h1-4,6,8,13-14H,5,7,9-12H2,(H,29,33). The molecule has 8 nitrogen and oxygen atoms in total. The number of morpholine rings is 1. The third kappa shape index (κ3) is 4.38. The number of carbonyl (C=O) groups is 1. The number of aromatic nitrogens is 3. The fourth-order valence-corrected chi connectivity index (χ4v) is 4.02. The lowest BCUT2D eigenvalue weighted by atomic mass is 10.0. The number of rotatable bonds is 3. The van der Waals surface area contributed by atoms with Gasteiger partial charge in [-0.15, -0.1) is 0 Å². The van der Waals surface area contributed by atoms with Gasteiger partial charge in [0, 0.05) is 37.0 Å². The number of amidine groups is 1. The van der Waals surface area contributed by atoms with Crippen molar-refractivity contribution in [2.24, 2.45) is 4.99 Å². The van der Waals surface area contributed by atoms with Crippen molar-refractivity contribution >= 4 is 17.4 Å². The van der Waals surface area contributed by atoms with Crippen LogP contribution in [0.25, 0.3) is 16.9 Å². The van der Waals surface area contributed by atoms with Gasteiger partial charge >= 0.3 is 6.18 Å². The van der Waals surface area contributed by atoms with Crippen molar-refractivity contribution in [3.63, 3.8) is 0 Å². The lowest BCUT2D eigenvalue weighted by Gasteiger charge is -2.31. The van der Waals surface area contributed by atoms with E-state index in [0.717, 1.165) is 25.0 Å². The van der Waals surface area contributed by atoms with Gasteiger partial charge in [-0.2, -0.15) is 18.3 Å². The number of benzene rings is 1. The Morgan fingerprint density at radius 1 is 1.06 bits per heavy atom. The van der Waals surface area contributed by atoms with E-state index in [-0.39, 0.29) is 17.0 Å². The number of nitrogens with one attached hydrogen (secondary N) is 1. The molecule has 0 aliphatic carbocycles. The summed E-state index contributed by atoms with van der Waals surface area (Å²) in [6, 6.07) is 8.19. The van der Waals surface area contributed by atoms with Gasteiger partial charge in [0.2, 0.25) is 0 Å². The number of allylic oxidation sites excluding steroid dienone is 1. The third-order valence-corrected chi connectivity index (χ3v) is 5.74. The van der Waals surface area contributed by atoms with Crippen LogP contribution in [0.1, 0.15) is 28.9 Å². The van der Waals surface area contributed by atoms with E-state index >= 15 is 0 Å². The largest absolute Gasteiger partial charge is 0.417 e. The second-order valence-electron chi connectivity index (χ2n) is 7.93. The number of imidazole rings is 1. The van der Waals surface area contributed by atoms with Gasteiger partial charge in [-0.1, -0.05) is 18.2 Å². The minimum absolute atomic E-state index is 0.0723. The molecule has 1 aromatic carbocycles. The van der Waals surface area contributed by atoms with Gasteiger partial charge in [0.1, 0.15) is 5.84 Å². The first-order valence-corrected chi connectivity index (χ1v) is 10.8. The van der Waals surface area contributed by atoms with Crippen LogP contribution in [0.4, 0.5) is 13.2 Å². The van der Waals surface area contributed by atoms with E-state index in [2.05, 4.69) is 25.3 Å². The van der Waals surface area contributed by atoms with Crippen molar-refractivity contribution < 1.29 is 22.7 Å². The molecule has 2 aliphatic heterocycles. The van der Waals surface area contributed by atoms with Crippen molar-refractivity contribution in [1.29, 1.82) is 0 Å². The smallest absolute Gasteiger partial charge is 0.378 e. The Morgan fingerprint density at radius 3 is 2.59 bits per heavy atom. The van der Waals surface area contributed by atoms with Crippen LogP contribution in [0.15, 0.2) is 59.5 Å². The Hall–Kier alpha value is -3.73. The molecular weight excluding hydrogens is 449 g/mol. The highest BCUT2D eigenvalue weighted by Gasteiger charge is 2.33. The van der Waals surface area contributed by atoms with Crippen molar-refractivity contribution in [2.75, 3.05) is 26.3 Å². The van der Waals surface area contributed by atoms with Gasteiger partial charge < -0.3 is 15.0 Å². The van der Waals surface area contributed by atoms with Gasteiger partial charge in [0.15, 0.2) is 11.3 Å². The number of fused-ring (bicyclic) bond motifs is 1. The Balaban J connectivity index is 1.39. The summed E-state index contributed by atoms with van der Waals surface area (Å²) in [5.74, 6) is 0.503. The Bertz CT molecular complexity index is 1290. The molecule has 0 spiro atoms. The number of alkyl halides is 3. The van der Waals surface area contributed by atoms with E-state index < -0.39 is 17.6 Å². The fraction of sp³-hybridized carbons (Fsp3) is 0.304. The molecule has 0 saturated carbocycles. The predicted octanol–water partition coefficient (Wildman–Crippen LogP) is 3.51. The summed E-state index contributed by atoms with van der Waals surface area (Å²) in [7, 11) is 0. The first-order valence-electron chi connectivity index (χ1n) is 10.8. The van der Waals surface area contributed by atoms with Gasteiger partial charge in [-0.25, -0.2) is 14.5 Å². The quantitative estimate of drug-likeness (QED) is 0.634. The van der Waals surface area contributed by atoms with Crippen LogP contribution in [0.5, 0.6) is 0 Å². The monoisotopic (exact) mass is 470 g/mol. The molecule has 1 amide bonds. The molecule has 0 unspecified atom stereocenters. The molecule has 0 atom stereocenters. The molecule has 1 N–H and O–H groups in total. The van der Waals surface area contributed by atoms with Crippen LogP contribution in [0.2, 0.25) is 0 Å². The van der Waals surface area contributed by atoms with Crippen LogP contribution >= 0.6 is 0 Å². The van der Waals surface area contributed by atoms with E-state index in [1.165, 1.54) is 41.0 Å². The molecule has 1 saturated heterocycles. The lowest BCUT2D eigenvalue weighted by molar-refractivity contribution is -0.137. The number of carbonyl (C=O) groups excluding carboxylic acids is 1. The molecule has 5 rings (SSSR count). The number of hydrogen-bond donors (Lipinski definition) is 1. The highest BCUT2D eigenvalue weighted by atomic mass is 19.4. The zero-order valence-electron chi connectivity index (χ0n) is 18.0. The molecule has 2 aliphatic rings. The summed E-state index contributed by atoms with van der Waals surface area (Å²) in [5.41, 5.74) is 0.333. The molecule has 2 aromatic heterocycles. The predicted molar refractivity (Wildman–Crippen MR) is 118 cm³/mol. The molecular formula is C23H21F3N6O2. The SMILES string of the molecule is O=C(NC1=CN=C(N2CCOCC2)CC1)c1cnc2ccc(-c3ccccc3C(F)(F)F)nn12. The summed E-state index contributed by atoms with van der Waals surface area (Å²) < 4.78 is 47.0. The molecule has 1 fully saturated rings. The number of nitrogens with zero attached hydrogens (tertiary/aromatic N) is 5. The maximum atomic E-state index is 13.5. The van der Waals surface area contributed by atoms with Crippen LogP contribution < -0.4 is 5.32 Å². The summed E-state index contributed by atoms with van der Waals surface area (Å²) in [5, 5.41) is 7.12. The van der Waals surface area contributed by atoms with Gasteiger partial charge in [0.05, 0.1) is 30.7 Å². The first kappa shape index (κ1) is 22.1. The van der Waals surface area contributed by atoms with Crippen molar-refractivity contribution in [3.05, 3.63) is 65.7 Å². The molecule has 34 heavy (non-hydrogen) atoms. The van der Waals surface area contributed by atoms with Crippen LogP contribution in [-0.2, 0) is 10.9 Å². The van der Waals surface area contributed by atoms with Crippen LogP contribution in [-0.4, -0.2) is 57.5 Å². The highest BCUT2D eigenvalue weighted by molar-refractivity contribution is 5.94. The van der Waals surface area contributed by atoms with E-state index in [0.29, 0.717) is 37.4 Å². The molecule has 176 valence electrons. The van der Waals surface area contributed by atoms with Crippen LogP contribution in [0, 0.1) is 0 Å². The van der Waals surface area contributed by atoms with E-state index in [1.807, 2.05) is 0 Å². The Kier molecular flexibility index (Phi) is 5.78. The van der Waals surface area contributed by atoms with E-state index in [1.54, 1.807) is 6.20 Å². The van der Waals surface area contributed by atoms with Crippen molar-refractivity contribution in [2.45, 2.75) is 19.0 Å². The number of amides is 1. The average molecular weight is 470 g/mol. The topological polar surface area (TPSA) is 84.1 Å². The van der Waals surface area contributed by atoms with E-state index in [9.17, 15) is 18.0 Å². The summed E-state index contributed by atoms with van der Waals surface area (Å²) in [6.07, 6.45) is -0.251. The summed E-state index contributed by atoms with van der Waals surface area (Å²) in [6.45, 7) is 2.93. The number of hydrogen-bond acceptors (Lipinski definition) is 6. The second-order valence-corrected chi connectivity index (χ2v) is 7.93. The second kappa shape index (κ2) is 8.90. The number of ether oxygens (including phenoxy) is 1. The minimum atomic E-state index is -4.53. The average Bonchev–Trinajstić information content (AvgIpc) is 3.28. The maximum absolute atomic E-state index is 13.5. The lowest BCUT2D eigenvalue weighted by Crippen LogP contribution is -2.41. The zero-order chi connectivity index (χ0) is 23.7. The first-order chi connectivity index (χ1) is 16.4.